The van der Waals surface area contributed by atoms with Crippen molar-refractivity contribution < 1.29 is 4.74 Å². The summed E-state index contributed by atoms with van der Waals surface area (Å²) in [7, 11) is 0. The van der Waals surface area contributed by atoms with Crippen LogP contribution in [0.3, 0.4) is 0 Å². The van der Waals surface area contributed by atoms with Crippen molar-refractivity contribution in [1.29, 1.82) is 0 Å². The van der Waals surface area contributed by atoms with Crippen molar-refractivity contribution in [3.63, 3.8) is 0 Å². The molecule has 118 valence electrons. The Morgan fingerprint density at radius 3 is 2.20 bits per heavy atom. The van der Waals surface area contributed by atoms with Gasteiger partial charge in [0.2, 0.25) is 0 Å². The summed E-state index contributed by atoms with van der Waals surface area (Å²) in [6.45, 7) is 5.19. The minimum absolute atomic E-state index is 0.471. The molecule has 2 aliphatic rings. The lowest BCUT2D eigenvalue weighted by Gasteiger charge is -2.36. The minimum atomic E-state index is 0.471. The fourth-order valence-corrected chi connectivity index (χ4v) is 4.62. The van der Waals surface area contributed by atoms with Crippen LogP contribution in [-0.4, -0.2) is 12.7 Å². The highest BCUT2D eigenvalue weighted by Crippen LogP contribution is 2.41. The van der Waals surface area contributed by atoms with Crippen molar-refractivity contribution >= 4 is 0 Å². The summed E-state index contributed by atoms with van der Waals surface area (Å²) in [5.74, 6) is 3.22. The van der Waals surface area contributed by atoms with Gasteiger partial charge in [0.05, 0.1) is 6.10 Å². The second-order valence-corrected chi connectivity index (χ2v) is 7.38. The maximum absolute atomic E-state index is 5.63. The van der Waals surface area contributed by atoms with Gasteiger partial charge in [-0.1, -0.05) is 57.8 Å². The Bertz CT molecular complexity index is 236. The van der Waals surface area contributed by atoms with Crippen molar-refractivity contribution in [2.75, 3.05) is 6.61 Å². The number of ether oxygens (including phenoxy) is 1. The molecule has 1 unspecified atom stereocenters. The van der Waals surface area contributed by atoms with Crippen LogP contribution in [-0.2, 0) is 4.74 Å². The molecule has 2 aliphatic carbocycles. The molecule has 0 bridgehead atoms. The molecule has 1 nitrogen and oxygen atoms in total. The predicted octanol–water partition coefficient (Wildman–Crippen LogP) is 5.97. The molecule has 1 heteroatoms. The third-order valence-electron chi connectivity index (χ3n) is 5.88. The van der Waals surface area contributed by atoms with Crippen LogP contribution in [0, 0.1) is 17.8 Å². The van der Waals surface area contributed by atoms with Gasteiger partial charge in [-0.05, 0) is 50.9 Å². The summed E-state index contributed by atoms with van der Waals surface area (Å²) < 4.78 is 5.63. The third kappa shape index (κ3) is 5.39. The Labute approximate surface area is 126 Å². The van der Waals surface area contributed by atoms with Crippen LogP contribution in [0.15, 0.2) is 0 Å². The zero-order chi connectivity index (χ0) is 14.2. The van der Waals surface area contributed by atoms with E-state index in [0.29, 0.717) is 6.10 Å². The number of hydrogen-bond donors (Lipinski definition) is 0. The summed E-state index contributed by atoms with van der Waals surface area (Å²) in [6, 6.07) is 0. The van der Waals surface area contributed by atoms with Crippen LogP contribution in [0.5, 0.6) is 0 Å². The third-order valence-corrected chi connectivity index (χ3v) is 5.88. The highest BCUT2D eigenvalue weighted by molar-refractivity contribution is 4.80. The van der Waals surface area contributed by atoms with Gasteiger partial charge in [-0.2, -0.15) is 0 Å². The lowest BCUT2D eigenvalue weighted by Crippen LogP contribution is -2.23. The first-order valence-electron chi connectivity index (χ1n) is 9.41. The lowest BCUT2D eigenvalue weighted by atomic mass is 9.70. The molecule has 0 saturated heterocycles. The molecule has 0 amide bonds. The van der Waals surface area contributed by atoms with Crippen LogP contribution < -0.4 is 0 Å². The van der Waals surface area contributed by atoms with Crippen LogP contribution in [0.2, 0.25) is 0 Å². The largest absolute Gasteiger partial charge is 0.379 e. The van der Waals surface area contributed by atoms with Crippen LogP contribution in [0.4, 0.5) is 0 Å². The molecule has 0 spiro atoms. The van der Waals surface area contributed by atoms with Gasteiger partial charge in [-0.15, -0.1) is 0 Å². The van der Waals surface area contributed by atoms with Crippen LogP contribution >= 0.6 is 0 Å². The molecule has 0 aromatic rings. The van der Waals surface area contributed by atoms with Gasteiger partial charge in [0.25, 0.3) is 0 Å². The maximum Gasteiger partial charge on any atom is 0.0546 e. The predicted molar refractivity (Wildman–Crippen MR) is 87.0 cm³/mol. The monoisotopic (exact) mass is 280 g/mol. The Kier molecular flexibility index (Phi) is 7.41. The van der Waals surface area contributed by atoms with E-state index >= 15 is 0 Å². The lowest BCUT2D eigenvalue weighted by molar-refractivity contribution is 0.0663. The molecule has 0 aromatic carbocycles. The molecule has 0 radical (unpaired) electrons. The molecule has 0 aromatic heterocycles. The van der Waals surface area contributed by atoms with Gasteiger partial charge in [0.15, 0.2) is 0 Å². The van der Waals surface area contributed by atoms with E-state index in [1.165, 1.54) is 64.2 Å². The molecular formula is C19H36O. The standard InChI is InChI=1S/C19H36O/c1-3-20-16(2)8-7-9-17-12-14-19(15-13-17)18-10-5-4-6-11-18/h16-19H,3-15H2,1-2H3. The van der Waals surface area contributed by atoms with Crippen LogP contribution in [0.1, 0.15) is 90.9 Å². The van der Waals surface area contributed by atoms with Gasteiger partial charge in [-0.3, -0.25) is 0 Å². The molecule has 0 N–H and O–H groups in total. The zero-order valence-corrected chi connectivity index (χ0v) is 13.9. The smallest absolute Gasteiger partial charge is 0.0546 e. The van der Waals surface area contributed by atoms with Gasteiger partial charge in [0.1, 0.15) is 0 Å². The van der Waals surface area contributed by atoms with Gasteiger partial charge < -0.3 is 4.74 Å². The van der Waals surface area contributed by atoms with Crippen molar-refractivity contribution in [3.8, 4) is 0 Å². The SMILES string of the molecule is CCOC(C)CCCC1CCC(C2CCCCC2)CC1. The number of rotatable bonds is 7. The summed E-state index contributed by atoms with van der Waals surface area (Å²) in [4.78, 5) is 0. The topological polar surface area (TPSA) is 9.23 Å². The van der Waals surface area contributed by atoms with E-state index < -0.39 is 0 Å². The average molecular weight is 280 g/mol. The normalized spacial score (nSPS) is 30.3. The van der Waals surface area contributed by atoms with E-state index in [4.69, 9.17) is 4.74 Å². The van der Waals surface area contributed by atoms with E-state index in [2.05, 4.69) is 13.8 Å². The van der Waals surface area contributed by atoms with Crippen LogP contribution in [0.25, 0.3) is 0 Å². The summed E-state index contributed by atoms with van der Waals surface area (Å²) in [6.07, 6.45) is 18.3. The van der Waals surface area contributed by atoms with Crippen molar-refractivity contribution in [2.24, 2.45) is 17.8 Å². The average Bonchev–Trinajstić information content (AvgIpc) is 2.49. The van der Waals surface area contributed by atoms with Crippen molar-refractivity contribution in [1.82, 2.24) is 0 Å². The quantitative estimate of drug-likeness (QED) is 0.558. The Balaban J connectivity index is 1.57. The van der Waals surface area contributed by atoms with E-state index in [1.54, 1.807) is 12.8 Å². The van der Waals surface area contributed by atoms with Gasteiger partial charge in [-0.25, -0.2) is 0 Å². The van der Waals surface area contributed by atoms with Gasteiger partial charge in [0, 0.05) is 6.61 Å². The molecule has 0 heterocycles. The van der Waals surface area contributed by atoms with E-state index in [1.807, 2.05) is 0 Å². The summed E-state index contributed by atoms with van der Waals surface area (Å²) in [5, 5.41) is 0. The van der Waals surface area contributed by atoms with E-state index in [0.717, 1.165) is 24.4 Å². The first-order chi connectivity index (χ1) is 9.79. The Morgan fingerprint density at radius 1 is 0.900 bits per heavy atom. The molecular weight excluding hydrogens is 244 g/mol. The second-order valence-electron chi connectivity index (χ2n) is 7.38. The minimum Gasteiger partial charge on any atom is -0.379 e. The van der Waals surface area contributed by atoms with E-state index in [9.17, 15) is 0 Å². The zero-order valence-electron chi connectivity index (χ0n) is 13.9. The Hall–Kier alpha value is -0.0400. The summed E-state index contributed by atoms with van der Waals surface area (Å²) in [5.41, 5.74) is 0. The fraction of sp³-hybridized carbons (Fsp3) is 1.00. The first kappa shape index (κ1) is 16.3. The molecule has 2 fully saturated rings. The fourth-order valence-electron chi connectivity index (χ4n) is 4.62. The summed E-state index contributed by atoms with van der Waals surface area (Å²) >= 11 is 0. The highest BCUT2D eigenvalue weighted by Gasteiger charge is 2.28. The molecule has 20 heavy (non-hydrogen) atoms. The Morgan fingerprint density at radius 2 is 1.55 bits per heavy atom. The molecule has 1 atom stereocenters. The molecule has 2 rings (SSSR count). The molecule has 2 saturated carbocycles. The van der Waals surface area contributed by atoms with Gasteiger partial charge >= 0.3 is 0 Å². The number of hydrogen-bond acceptors (Lipinski definition) is 1. The van der Waals surface area contributed by atoms with Crippen molar-refractivity contribution in [2.45, 2.75) is 97.0 Å². The van der Waals surface area contributed by atoms with E-state index in [-0.39, 0.29) is 0 Å². The molecule has 0 aliphatic heterocycles. The second kappa shape index (κ2) is 9.07. The maximum atomic E-state index is 5.63. The van der Waals surface area contributed by atoms with Crippen molar-refractivity contribution in [3.05, 3.63) is 0 Å². The first-order valence-corrected chi connectivity index (χ1v) is 9.41. The highest BCUT2D eigenvalue weighted by atomic mass is 16.5.